The number of hydrogen-bond donors (Lipinski definition) is 1. The zero-order valence-corrected chi connectivity index (χ0v) is 11.5. The molecule has 0 saturated heterocycles. The molecule has 0 fully saturated rings. The first-order valence-electron chi connectivity index (χ1n) is 5.07. The highest BCUT2D eigenvalue weighted by molar-refractivity contribution is 9.10. The van der Waals surface area contributed by atoms with Crippen molar-refractivity contribution in [1.82, 2.24) is 4.57 Å². The molecule has 0 unspecified atom stereocenters. The predicted molar refractivity (Wildman–Crippen MR) is 73.3 cm³/mol. The summed E-state index contributed by atoms with van der Waals surface area (Å²) in [6.07, 6.45) is 3.08. The number of anilines is 1. The van der Waals surface area contributed by atoms with Crippen molar-refractivity contribution >= 4 is 33.2 Å². The first-order chi connectivity index (χ1) is 8.49. The molecule has 1 aromatic heterocycles. The molecule has 2 N–H and O–H groups in total. The summed E-state index contributed by atoms with van der Waals surface area (Å²) in [5.41, 5.74) is 6.04. The van der Waals surface area contributed by atoms with Crippen LogP contribution in [0.5, 0.6) is 0 Å². The van der Waals surface area contributed by atoms with Crippen LogP contribution in [-0.4, -0.2) is 4.57 Å². The van der Waals surface area contributed by atoms with Crippen LogP contribution in [0.1, 0.15) is 5.56 Å². The van der Waals surface area contributed by atoms with Crippen LogP contribution in [0.2, 0.25) is 5.02 Å². The van der Waals surface area contributed by atoms with Crippen LogP contribution in [0.4, 0.5) is 10.1 Å². The molecular weight excluding hydrogens is 322 g/mol. The lowest BCUT2D eigenvalue weighted by atomic mass is 10.2. The second-order valence-electron chi connectivity index (χ2n) is 3.78. The summed E-state index contributed by atoms with van der Waals surface area (Å²) >= 11 is 8.98. The topological polar surface area (TPSA) is 48.0 Å². The van der Waals surface area contributed by atoms with Crippen molar-refractivity contribution in [2.75, 3.05) is 5.73 Å². The molecule has 3 nitrogen and oxygen atoms in total. The van der Waals surface area contributed by atoms with E-state index in [2.05, 4.69) is 15.9 Å². The van der Waals surface area contributed by atoms with E-state index in [0.29, 0.717) is 16.6 Å². The smallest absolute Gasteiger partial charge is 0.218 e. The minimum Gasteiger partial charge on any atom is -0.394 e. The highest BCUT2D eigenvalue weighted by Gasteiger charge is 2.07. The Morgan fingerprint density at radius 1 is 1.39 bits per heavy atom. The molecule has 0 amide bonds. The number of hydrogen-bond acceptors (Lipinski definition) is 2. The van der Waals surface area contributed by atoms with Gasteiger partial charge < -0.3 is 10.3 Å². The zero-order valence-electron chi connectivity index (χ0n) is 9.16. The predicted octanol–water partition coefficient (Wildman–Crippen LogP) is 3.03. The van der Waals surface area contributed by atoms with E-state index in [1.807, 2.05) is 0 Å². The molecular formula is C12H9BrClFN2O. The Morgan fingerprint density at radius 2 is 2.11 bits per heavy atom. The Bertz CT molecular complexity index is 631. The van der Waals surface area contributed by atoms with Crippen LogP contribution in [0.3, 0.4) is 0 Å². The highest BCUT2D eigenvalue weighted by atomic mass is 79.9. The minimum absolute atomic E-state index is 0.0749. The van der Waals surface area contributed by atoms with Gasteiger partial charge in [0.05, 0.1) is 15.2 Å². The molecule has 0 spiro atoms. The maximum absolute atomic E-state index is 13.3. The maximum Gasteiger partial charge on any atom is 0.218 e. The van der Waals surface area contributed by atoms with Crippen LogP contribution in [0, 0.1) is 5.82 Å². The molecule has 0 atom stereocenters. The van der Waals surface area contributed by atoms with Crippen LogP contribution >= 0.6 is 27.5 Å². The zero-order chi connectivity index (χ0) is 13.3. The molecule has 1 heterocycles. The number of halogens is 3. The number of benzene rings is 1. The van der Waals surface area contributed by atoms with Crippen LogP contribution in [-0.2, 0) is 6.54 Å². The molecule has 0 saturated carbocycles. The Hall–Kier alpha value is -1.33. The second-order valence-corrected chi connectivity index (χ2v) is 5.01. The quantitative estimate of drug-likeness (QED) is 0.919. The first-order valence-corrected chi connectivity index (χ1v) is 6.24. The monoisotopic (exact) mass is 330 g/mol. The molecule has 2 aromatic rings. The lowest BCUT2D eigenvalue weighted by Crippen LogP contribution is -2.13. The summed E-state index contributed by atoms with van der Waals surface area (Å²) in [5.74, 6) is -0.470. The van der Waals surface area contributed by atoms with E-state index >= 15 is 0 Å². The van der Waals surface area contributed by atoms with E-state index < -0.39 is 5.82 Å². The molecule has 0 radical (unpaired) electrons. The number of nitrogens with two attached hydrogens (primary N) is 1. The van der Waals surface area contributed by atoms with Crippen molar-refractivity contribution in [1.29, 1.82) is 0 Å². The van der Waals surface area contributed by atoms with E-state index in [4.69, 9.17) is 17.3 Å². The number of rotatable bonds is 2. The fourth-order valence-corrected chi connectivity index (χ4v) is 2.25. The lowest BCUT2D eigenvalue weighted by molar-refractivity contribution is 0.624. The Morgan fingerprint density at radius 3 is 2.78 bits per heavy atom. The average molecular weight is 332 g/mol. The third-order valence-corrected chi connectivity index (χ3v) is 3.44. The molecule has 0 aliphatic rings. The van der Waals surface area contributed by atoms with Crippen molar-refractivity contribution in [2.45, 2.75) is 6.54 Å². The SMILES string of the molecule is Nc1cn(Cc2cccc(F)c2Cl)cc(Br)c1=O. The highest BCUT2D eigenvalue weighted by Crippen LogP contribution is 2.21. The largest absolute Gasteiger partial charge is 0.394 e. The number of nitrogens with zero attached hydrogens (tertiary/aromatic N) is 1. The maximum atomic E-state index is 13.3. The van der Waals surface area contributed by atoms with Crippen LogP contribution in [0.25, 0.3) is 0 Å². The third kappa shape index (κ3) is 2.57. The minimum atomic E-state index is -0.470. The van der Waals surface area contributed by atoms with Gasteiger partial charge in [-0.3, -0.25) is 4.79 Å². The standard InChI is InChI=1S/C12H9BrClFN2O/c13-8-5-17(6-10(16)12(8)18)4-7-2-1-3-9(15)11(7)14/h1-3,5-6H,4,16H2. The average Bonchev–Trinajstić information content (AvgIpc) is 2.32. The van der Waals surface area contributed by atoms with E-state index in [1.54, 1.807) is 22.9 Å². The van der Waals surface area contributed by atoms with Crippen molar-refractivity contribution < 1.29 is 4.39 Å². The van der Waals surface area contributed by atoms with Crippen molar-refractivity contribution in [3.05, 3.63) is 61.7 Å². The molecule has 0 aliphatic heterocycles. The number of pyridine rings is 1. The second kappa shape index (κ2) is 5.12. The molecule has 2 rings (SSSR count). The Balaban J connectivity index is 2.40. The summed E-state index contributed by atoms with van der Waals surface area (Å²) in [5, 5.41) is 0.0749. The molecule has 6 heteroatoms. The third-order valence-electron chi connectivity index (χ3n) is 2.45. The Labute approximate surface area is 116 Å². The summed E-state index contributed by atoms with van der Waals surface area (Å²) in [6.45, 7) is 0.333. The van der Waals surface area contributed by atoms with Gasteiger partial charge in [-0.05, 0) is 27.6 Å². The summed E-state index contributed by atoms with van der Waals surface area (Å²) in [6, 6.07) is 4.59. The van der Waals surface area contributed by atoms with Gasteiger partial charge >= 0.3 is 0 Å². The Kier molecular flexibility index (Phi) is 3.73. The van der Waals surface area contributed by atoms with Gasteiger partial charge in [0.1, 0.15) is 5.82 Å². The van der Waals surface area contributed by atoms with Gasteiger partial charge in [-0.1, -0.05) is 23.7 Å². The fraction of sp³-hybridized carbons (Fsp3) is 0.0833. The van der Waals surface area contributed by atoms with E-state index in [-0.39, 0.29) is 16.1 Å². The summed E-state index contributed by atoms with van der Waals surface area (Å²) < 4.78 is 15.3. The van der Waals surface area contributed by atoms with Gasteiger partial charge in [0, 0.05) is 18.9 Å². The van der Waals surface area contributed by atoms with Gasteiger partial charge in [0.2, 0.25) is 5.43 Å². The van der Waals surface area contributed by atoms with E-state index in [9.17, 15) is 9.18 Å². The molecule has 1 aromatic carbocycles. The van der Waals surface area contributed by atoms with Gasteiger partial charge in [0.15, 0.2) is 0 Å². The lowest BCUT2D eigenvalue weighted by Gasteiger charge is -2.10. The normalized spacial score (nSPS) is 10.6. The molecule has 0 aliphatic carbocycles. The van der Waals surface area contributed by atoms with Gasteiger partial charge in [-0.15, -0.1) is 0 Å². The summed E-state index contributed by atoms with van der Waals surface area (Å²) in [4.78, 5) is 11.4. The van der Waals surface area contributed by atoms with Crippen molar-refractivity contribution in [3.63, 3.8) is 0 Å². The molecule has 18 heavy (non-hydrogen) atoms. The van der Waals surface area contributed by atoms with E-state index in [1.165, 1.54) is 12.3 Å². The molecule has 0 bridgehead atoms. The number of nitrogen functional groups attached to an aromatic ring is 1. The van der Waals surface area contributed by atoms with Crippen LogP contribution < -0.4 is 11.2 Å². The van der Waals surface area contributed by atoms with Gasteiger partial charge in [-0.25, -0.2) is 4.39 Å². The van der Waals surface area contributed by atoms with Gasteiger partial charge in [0.25, 0.3) is 0 Å². The van der Waals surface area contributed by atoms with Crippen molar-refractivity contribution in [2.24, 2.45) is 0 Å². The summed E-state index contributed by atoms with van der Waals surface area (Å²) in [7, 11) is 0. The first kappa shape index (κ1) is 13.1. The fourth-order valence-electron chi connectivity index (χ4n) is 1.58. The van der Waals surface area contributed by atoms with E-state index in [0.717, 1.165) is 0 Å². The van der Waals surface area contributed by atoms with Crippen molar-refractivity contribution in [3.8, 4) is 0 Å². The molecule has 94 valence electrons. The number of aromatic nitrogens is 1. The van der Waals surface area contributed by atoms with Crippen LogP contribution in [0.15, 0.2) is 39.9 Å². The van der Waals surface area contributed by atoms with Gasteiger partial charge in [-0.2, -0.15) is 0 Å².